The molecule has 0 unspecified atom stereocenters. The Hall–Kier alpha value is -2.77. The number of carbonyl (C=O) groups excluding carboxylic acids is 3. The van der Waals surface area contributed by atoms with Crippen LogP contribution < -0.4 is 0 Å². The van der Waals surface area contributed by atoms with Crippen molar-refractivity contribution in [3.63, 3.8) is 0 Å². The van der Waals surface area contributed by atoms with E-state index in [1.54, 1.807) is 13.8 Å². The van der Waals surface area contributed by atoms with Crippen LogP contribution in [0.5, 0.6) is 11.5 Å². The number of phenols is 2. The quantitative estimate of drug-likeness (QED) is 0.595. The molecule has 0 spiro atoms. The van der Waals surface area contributed by atoms with Crippen LogP contribution in [-0.4, -0.2) is 47.9 Å². The minimum Gasteiger partial charge on any atom is -0.506 e. The molecule has 0 aliphatic carbocycles. The minimum atomic E-state index is -1.08. The van der Waals surface area contributed by atoms with Gasteiger partial charge in [0, 0.05) is 0 Å². The molecule has 0 aliphatic rings. The van der Waals surface area contributed by atoms with Crippen molar-refractivity contribution in [3.8, 4) is 11.5 Å². The molecule has 0 aromatic heterocycles. The summed E-state index contributed by atoms with van der Waals surface area (Å²) in [5, 5.41) is 20.5. The fourth-order valence-electron chi connectivity index (χ4n) is 2.15. The Bertz CT molecular complexity index is 551. The first-order valence-corrected chi connectivity index (χ1v) is 7.41. The lowest BCUT2D eigenvalue weighted by molar-refractivity contribution is 0.0513. The molecule has 0 aliphatic heterocycles. The topological polar surface area (TPSA) is 119 Å². The van der Waals surface area contributed by atoms with Crippen LogP contribution in [0.1, 0.15) is 57.4 Å². The lowest BCUT2D eigenvalue weighted by Gasteiger charge is -2.17. The van der Waals surface area contributed by atoms with Crippen molar-refractivity contribution < 1.29 is 38.8 Å². The van der Waals surface area contributed by atoms with Crippen molar-refractivity contribution in [2.24, 2.45) is 0 Å². The van der Waals surface area contributed by atoms with Gasteiger partial charge in [-0.2, -0.15) is 0 Å². The molecule has 24 heavy (non-hydrogen) atoms. The van der Waals surface area contributed by atoms with Crippen molar-refractivity contribution in [1.82, 2.24) is 0 Å². The lowest BCUT2D eigenvalue weighted by Crippen LogP contribution is -2.17. The van der Waals surface area contributed by atoms with Crippen LogP contribution in [0.3, 0.4) is 0 Å². The highest BCUT2D eigenvalue weighted by atomic mass is 16.5. The summed E-state index contributed by atoms with van der Waals surface area (Å²) in [4.78, 5) is 36.2. The molecule has 0 atom stereocenters. The number of hydrogen-bond acceptors (Lipinski definition) is 8. The van der Waals surface area contributed by atoms with Crippen LogP contribution in [0.4, 0.5) is 0 Å². The predicted molar refractivity (Wildman–Crippen MR) is 82.4 cm³/mol. The molecule has 2 N–H and O–H groups in total. The standard InChI is InChI=1S/C16H20O8/c1-5-22-14(19)9-8(4)10(15(20)23-6-2)13(18)11(12(9)17)16(21)24-7-3/h17-18H,5-7H2,1-4H3. The number of phenolic OH excluding ortho intramolecular Hbond substituents is 2. The van der Waals surface area contributed by atoms with Gasteiger partial charge in [0.2, 0.25) is 0 Å². The molecule has 1 rings (SSSR count). The lowest BCUT2D eigenvalue weighted by atomic mass is 9.95. The molecule has 1 aromatic carbocycles. The van der Waals surface area contributed by atoms with Gasteiger partial charge in [-0.05, 0) is 33.3 Å². The van der Waals surface area contributed by atoms with E-state index in [-0.39, 0.29) is 25.4 Å². The summed E-state index contributed by atoms with van der Waals surface area (Å²) < 4.78 is 14.4. The van der Waals surface area contributed by atoms with E-state index >= 15 is 0 Å². The normalized spacial score (nSPS) is 10.2. The maximum absolute atomic E-state index is 12.1. The third kappa shape index (κ3) is 3.58. The maximum atomic E-state index is 12.1. The molecule has 1 aromatic rings. The first-order valence-electron chi connectivity index (χ1n) is 7.41. The third-order valence-electron chi connectivity index (χ3n) is 3.14. The Morgan fingerprint density at radius 3 is 1.29 bits per heavy atom. The van der Waals surface area contributed by atoms with E-state index in [2.05, 4.69) is 0 Å². The Morgan fingerprint density at radius 1 is 0.708 bits per heavy atom. The van der Waals surface area contributed by atoms with E-state index in [1.165, 1.54) is 13.8 Å². The maximum Gasteiger partial charge on any atom is 0.345 e. The monoisotopic (exact) mass is 340 g/mol. The van der Waals surface area contributed by atoms with Gasteiger partial charge in [-0.3, -0.25) is 0 Å². The van der Waals surface area contributed by atoms with E-state index in [0.717, 1.165) is 0 Å². The van der Waals surface area contributed by atoms with Gasteiger partial charge >= 0.3 is 17.9 Å². The molecular formula is C16H20O8. The van der Waals surface area contributed by atoms with Crippen LogP contribution in [-0.2, 0) is 14.2 Å². The summed E-state index contributed by atoms with van der Waals surface area (Å²) in [5.74, 6) is -4.58. The van der Waals surface area contributed by atoms with E-state index in [0.29, 0.717) is 0 Å². The van der Waals surface area contributed by atoms with Gasteiger partial charge in [0.15, 0.2) is 0 Å². The van der Waals surface area contributed by atoms with Gasteiger partial charge < -0.3 is 24.4 Å². The average molecular weight is 340 g/mol. The second-order valence-corrected chi connectivity index (χ2v) is 4.61. The Kier molecular flexibility index (Phi) is 6.58. The van der Waals surface area contributed by atoms with Crippen molar-refractivity contribution in [2.45, 2.75) is 27.7 Å². The van der Waals surface area contributed by atoms with Gasteiger partial charge in [-0.25, -0.2) is 14.4 Å². The van der Waals surface area contributed by atoms with Crippen LogP contribution in [0.25, 0.3) is 0 Å². The molecule has 0 amide bonds. The highest BCUT2D eigenvalue weighted by Crippen LogP contribution is 2.39. The van der Waals surface area contributed by atoms with E-state index < -0.39 is 46.1 Å². The zero-order chi connectivity index (χ0) is 18.4. The first-order chi connectivity index (χ1) is 11.3. The zero-order valence-electron chi connectivity index (χ0n) is 14.0. The summed E-state index contributed by atoms with van der Waals surface area (Å²) in [6.45, 7) is 5.97. The van der Waals surface area contributed by atoms with E-state index in [4.69, 9.17) is 14.2 Å². The number of esters is 3. The molecule has 0 saturated heterocycles. The van der Waals surface area contributed by atoms with Gasteiger partial charge in [0.25, 0.3) is 0 Å². The summed E-state index contributed by atoms with van der Waals surface area (Å²) in [6, 6.07) is 0. The number of rotatable bonds is 6. The summed E-state index contributed by atoms with van der Waals surface area (Å²) in [6.07, 6.45) is 0. The largest absolute Gasteiger partial charge is 0.506 e. The highest BCUT2D eigenvalue weighted by Gasteiger charge is 2.33. The fourth-order valence-corrected chi connectivity index (χ4v) is 2.15. The number of aromatic hydroxyl groups is 2. The molecule has 0 saturated carbocycles. The molecule has 0 fully saturated rings. The molecule has 0 heterocycles. The Balaban J connectivity index is 3.74. The Morgan fingerprint density at radius 2 is 1.00 bits per heavy atom. The highest BCUT2D eigenvalue weighted by molar-refractivity contribution is 6.08. The molecule has 8 nitrogen and oxygen atoms in total. The van der Waals surface area contributed by atoms with Gasteiger partial charge in [0.1, 0.15) is 28.2 Å². The van der Waals surface area contributed by atoms with Crippen LogP contribution in [0.15, 0.2) is 0 Å². The fraction of sp³-hybridized carbons (Fsp3) is 0.438. The van der Waals surface area contributed by atoms with Gasteiger partial charge in [0.05, 0.1) is 19.8 Å². The average Bonchev–Trinajstić information content (AvgIpc) is 2.47. The van der Waals surface area contributed by atoms with Crippen molar-refractivity contribution in [2.75, 3.05) is 19.8 Å². The molecule has 0 bridgehead atoms. The molecule has 132 valence electrons. The zero-order valence-corrected chi connectivity index (χ0v) is 14.0. The number of hydrogen-bond donors (Lipinski definition) is 2. The summed E-state index contributed by atoms with van der Waals surface area (Å²) in [5.41, 5.74) is -1.55. The molecule has 0 radical (unpaired) electrons. The minimum absolute atomic E-state index is 0.0159. The Labute approximate surface area is 138 Å². The van der Waals surface area contributed by atoms with Crippen molar-refractivity contribution in [1.29, 1.82) is 0 Å². The summed E-state index contributed by atoms with van der Waals surface area (Å²) >= 11 is 0. The predicted octanol–water partition coefficient (Wildman–Crippen LogP) is 1.94. The van der Waals surface area contributed by atoms with Crippen LogP contribution in [0.2, 0.25) is 0 Å². The van der Waals surface area contributed by atoms with Crippen molar-refractivity contribution in [3.05, 3.63) is 22.3 Å². The van der Waals surface area contributed by atoms with Crippen LogP contribution in [0, 0.1) is 6.92 Å². The van der Waals surface area contributed by atoms with Crippen molar-refractivity contribution >= 4 is 17.9 Å². The third-order valence-corrected chi connectivity index (χ3v) is 3.14. The van der Waals surface area contributed by atoms with Crippen LogP contribution >= 0.6 is 0 Å². The molecular weight excluding hydrogens is 320 g/mol. The van der Waals surface area contributed by atoms with Gasteiger partial charge in [-0.15, -0.1) is 0 Å². The number of benzene rings is 1. The second kappa shape index (κ2) is 8.19. The van der Waals surface area contributed by atoms with Gasteiger partial charge in [-0.1, -0.05) is 0 Å². The number of carbonyl (C=O) groups is 3. The smallest absolute Gasteiger partial charge is 0.345 e. The summed E-state index contributed by atoms with van der Waals surface area (Å²) in [7, 11) is 0. The SMILES string of the molecule is CCOC(=O)c1c(C)c(C(=O)OCC)c(O)c(C(=O)OCC)c1O. The second-order valence-electron chi connectivity index (χ2n) is 4.61. The molecule has 8 heteroatoms. The van der Waals surface area contributed by atoms with E-state index in [1.807, 2.05) is 0 Å². The van der Waals surface area contributed by atoms with E-state index in [9.17, 15) is 24.6 Å². The first kappa shape index (κ1) is 19.3. The number of ether oxygens (including phenoxy) is 3.